The zero-order valence-electron chi connectivity index (χ0n) is 18.0. The molecule has 1 aromatic heterocycles. The van der Waals surface area contributed by atoms with Gasteiger partial charge in [0, 0.05) is 47.6 Å². The molecular weight excluding hydrogens is 358 g/mol. The van der Waals surface area contributed by atoms with E-state index in [2.05, 4.69) is 52.9 Å². The van der Waals surface area contributed by atoms with Crippen LogP contribution in [0.25, 0.3) is 10.9 Å². The number of hydrogen-bond donors (Lipinski definition) is 1. The minimum Gasteiger partial charge on any atom is -0.357 e. The number of benzene rings is 1. The maximum absolute atomic E-state index is 13.6. The fraction of sp³-hybridized carbons (Fsp3) is 0.640. The second-order valence-electron chi connectivity index (χ2n) is 9.55. The molecule has 0 saturated carbocycles. The standard InChI is InChI=1S/C25H35N3O/c1-3-25(18(2)24(29)28-14-7-4-8-15-28)13-9-16-27-17-12-20-19-10-5-6-11-21(19)26-22(20)23(25)27/h5-6,10-11,18,23,26H,3-4,7-9,12-17H2,1-2H3/t18?,23-,25+/m1/s1. The summed E-state index contributed by atoms with van der Waals surface area (Å²) >= 11 is 0. The summed E-state index contributed by atoms with van der Waals surface area (Å²) in [7, 11) is 0. The van der Waals surface area contributed by atoms with Crippen molar-refractivity contribution < 1.29 is 4.79 Å². The van der Waals surface area contributed by atoms with Crippen LogP contribution in [0.15, 0.2) is 24.3 Å². The highest BCUT2D eigenvalue weighted by Gasteiger charge is 2.52. The number of aromatic nitrogens is 1. The summed E-state index contributed by atoms with van der Waals surface area (Å²) < 4.78 is 0. The van der Waals surface area contributed by atoms with Crippen molar-refractivity contribution in [3.63, 3.8) is 0 Å². The number of amides is 1. The lowest BCUT2D eigenvalue weighted by molar-refractivity contribution is -0.146. The van der Waals surface area contributed by atoms with Crippen LogP contribution in [0.3, 0.4) is 0 Å². The van der Waals surface area contributed by atoms with Crippen molar-refractivity contribution in [2.75, 3.05) is 26.2 Å². The Kier molecular flexibility index (Phi) is 4.93. The number of piperidine rings is 2. The lowest BCUT2D eigenvalue weighted by atomic mass is 9.61. The zero-order valence-corrected chi connectivity index (χ0v) is 18.0. The fourth-order valence-corrected chi connectivity index (χ4v) is 6.69. The van der Waals surface area contributed by atoms with Crippen LogP contribution in [-0.2, 0) is 11.2 Å². The van der Waals surface area contributed by atoms with Crippen molar-refractivity contribution in [2.45, 2.75) is 64.8 Å². The van der Waals surface area contributed by atoms with Gasteiger partial charge in [0.25, 0.3) is 0 Å². The highest BCUT2D eigenvalue weighted by Crippen LogP contribution is 2.55. The largest absolute Gasteiger partial charge is 0.357 e. The molecule has 0 aliphatic carbocycles. The Morgan fingerprint density at radius 1 is 1.14 bits per heavy atom. The van der Waals surface area contributed by atoms with E-state index in [4.69, 9.17) is 0 Å². The van der Waals surface area contributed by atoms with E-state index in [-0.39, 0.29) is 11.3 Å². The molecule has 1 aromatic carbocycles. The summed E-state index contributed by atoms with van der Waals surface area (Å²) in [5.41, 5.74) is 4.17. The normalized spacial score (nSPS) is 28.8. The van der Waals surface area contributed by atoms with Crippen molar-refractivity contribution in [3.8, 4) is 0 Å². The molecule has 4 heteroatoms. The maximum atomic E-state index is 13.6. The number of fused-ring (bicyclic) bond motifs is 5. The van der Waals surface area contributed by atoms with Crippen molar-refractivity contribution >= 4 is 16.8 Å². The Bertz CT molecular complexity index is 897. The first-order valence-electron chi connectivity index (χ1n) is 11.8. The molecule has 1 unspecified atom stereocenters. The van der Waals surface area contributed by atoms with Crippen LogP contribution in [0.2, 0.25) is 0 Å². The average Bonchev–Trinajstić information content (AvgIpc) is 3.17. The first-order valence-corrected chi connectivity index (χ1v) is 11.8. The number of carbonyl (C=O) groups excluding carboxylic acids is 1. The molecule has 0 spiro atoms. The number of nitrogens with zero attached hydrogens (tertiary/aromatic N) is 2. The molecule has 2 saturated heterocycles. The highest BCUT2D eigenvalue weighted by atomic mass is 16.2. The first-order chi connectivity index (χ1) is 14.2. The number of hydrogen-bond acceptors (Lipinski definition) is 2. The Morgan fingerprint density at radius 2 is 1.93 bits per heavy atom. The molecule has 29 heavy (non-hydrogen) atoms. The van der Waals surface area contributed by atoms with Crippen LogP contribution in [0.1, 0.15) is 69.7 Å². The lowest BCUT2D eigenvalue weighted by Gasteiger charge is -2.54. The third-order valence-corrected chi connectivity index (χ3v) is 8.33. The number of aromatic amines is 1. The molecule has 2 aromatic rings. The number of rotatable bonds is 3. The van der Waals surface area contributed by atoms with Gasteiger partial charge in [-0.25, -0.2) is 0 Å². The van der Waals surface area contributed by atoms with E-state index in [1.807, 2.05) is 0 Å². The maximum Gasteiger partial charge on any atom is 0.226 e. The molecule has 4 heterocycles. The lowest BCUT2D eigenvalue weighted by Crippen LogP contribution is -2.55. The van der Waals surface area contributed by atoms with Gasteiger partial charge in [0.2, 0.25) is 5.91 Å². The predicted octanol–water partition coefficient (Wildman–Crippen LogP) is 4.91. The molecule has 5 rings (SSSR count). The van der Waals surface area contributed by atoms with Crippen LogP contribution in [0.4, 0.5) is 0 Å². The smallest absolute Gasteiger partial charge is 0.226 e. The Morgan fingerprint density at radius 3 is 2.72 bits per heavy atom. The Labute approximate surface area is 174 Å². The van der Waals surface area contributed by atoms with E-state index in [1.165, 1.54) is 47.8 Å². The average molecular weight is 394 g/mol. The molecule has 1 N–H and O–H groups in total. The summed E-state index contributed by atoms with van der Waals surface area (Å²) in [6.45, 7) is 8.74. The third-order valence-electron chi connectivity index (χ3n) is 8.33. The molecular formula is C25H35N3O. The van der Waals surface area contributed by atoms with Gasteiger partial charge in [-0.15, -0.1) is 0 Å². The van der Waals surface area contributed by atoms with E-state index in [0.29, 0.717) is 11.9 Å². The number of carbonyl (C=O) groups is 1. The molecule has 1 amide bonds. The zero-order chi connectivity index (χ0) is 20.0. The van der Waals surface area contributed by atoms with Crippen LogP contribution in [0, 0.1) is 11.3 Å². The van der Waals surface area contributed by atoms with E-state index >= 15 is 0 Å². The van der Waals surface area contributed by atoms with Gasteiger partial charge in [-0.1, -0.05) is 32.0 Å². The summed E-state index contributed by atoms with van der Waals surface area (Å²) in [5.74, 6) is 0.465. The molecule has 3 atom stereocenters. The summed E-state index contributed by atoms with van der Waals surface area (Å²) in [6.07, 6.45) is 8.13. The Hall–Kier alpha value is -1.81. The van der Waals surface area contributed by atoms with Gasteiger partial charge in [-0.05, 0) is 63.1 Å². The summed E-state index contributed by atoms with van der Waals surface area (Å²) in [5, 5.41) is 1.38. The monoisotopic (exact) mass is 393 g/mol. The van der Waals surface area contributed by atoms with Crippen LogP contribution < -0.4 is 0 Å². The molecule has 3 aliphatic rings. The summed E-state index contributed by atoms with van der Waals surface area (Å²) in [6, 6.07) is 9.08. The van der Waals surface area contributed by atoms with Crippen molar-refractivity contribution in [1.82, 2.24) is 14.8 Å². The van der Waals surface area contributed by atoms with Gasteiger partial charge in [0.15, 0.2) is 0 Å². The molecule has 0 bridgehead atoms. The minimum absolute atomic E-state index is 0.0167. The highest BCUT2D eigenvalue weighted by molar-refractivity contribution is 5.85. The molecule has 2 fully saturated rings. The van der Waals surface area contributed by atoms with Gasteiger partial charge in [0.05, 0.1) is 6.04 Å². The van der Waals surface area contributed by atoms with Crippen LogP contribution in [0.5, 0.6) is 0 Å². The van der Waals surface area contributed by atoms with Gasteiger partial charge < -0.3 is 9.88 Å². The van der Waals surface area contributed by atoms with Crippen LogP contribution >= 0.6 is 0 Å². The number of nitrogens with one attached hydrogen (secondary N) is 1. The van der Waals surface area contributed by atoms with E-state index in [9.17, 15) is 4.79 Å². The molecule has 4 nitrogen and oxygen atoms in total. The second kappa shape index (κ2) is 7.46. The topological polar surface area (TPSA) is 39.3 Å². The van der Waals surface area contributed by atoms with Gasteiger partial charge >= 0.3 is 0 Å². The van der Waals surface area contributed by atoms with Gasteiger partial charge in [0.1, 0.15) is 0 Å². The van der Waals surface area contributed by atoms with E-state index < -0.39 is 0 Å². The number of likely N-dealkylation sites (tertiary alicyclic amines) is 1. The number of H-pyrrole nitrogens is 1. The molecule has 0 radical (unpaired) electrons. The first kappa shape index (κ1) is 19.2. The third kappa shape index (κ3) is 2.94. The predicted molar refractivity (Wildman–Crippen MR) is 118 cm³/mol. The van der Waals surface area contributed by atoms with E-state index in [0.717, 1.165) is 45.4 Å². The van der Waals surface area contributed by atoms with Crippen molar-refractivity contribution in [2.24, 2.45) is 11.3 Å². The molecule has 156 valence electrons. The molecule has 3 aliphatic heterocycles. The minimum atomic E-state index is 0.0167. The quantitative estimate of drug-likeness (QED) is 0.805. The Balaban J connectivity index is 1.57. The van der Waals surface area contributed by atoms with Gasteiger partial charge in [-0.2, -0.15) is 0 Å². The van der Waals surface area contributed by atoms with Gasteiger partial charge in [-0.3, -0.25) is 9.69 Å². The van der Waals surface area contributed by atoms with Crippen molar-refractivity contribution in [3.05, 3.63) is 35.5 Å². The number of para-hydroxylation sites is 1. The van der Waals surface area contributed by atoms with Crippen LogP contribution in [-0.4, -0.2) is 46.9 Å². The van der Waals surface area contributed by atoms with Crippen molar-refractivity contribution in [1.29, 1.82) is 0 Å². The SMILES string of the molecule is CC[C@@]1(C(C)C(=O)N2CCCCC2)CCCN2CCc3c([nH]c4ccccc34)[C@@H]21. The summed E-state index contributed by atoms with van der Waals surface area (Å²) in [4.78, 5) is 22.3. The second-order valence-corrected chi connectivity index (χ2v) is 9.55. The fourth-order valence-electron chi connectivity index (χ4n) is 6.69. The van der Waals surface area contributed by atoms with E-state index in [1.54, 1.807) is 0 Å².